The molecule has 148 valence electrons. The number of nitrogens with one attached hydrogen (secondary N) is 2. The fraction of sp³-hybridized carbons (Fsp3) is 0.381. The highest BCUT2D eigenvalue weighted by Crippen LogP contribution is 2.14. The van der Waals surface area contributed by atoms with Gasteiger partial charge in [0.05, 0.1) is 6.26 Å². The number of benzene rings is 1. The number of amides is 3. The van der Waals surface area contributed by atoms with E-state index in [0.717, 1.165) is 0 Å². The lowest BCUT2D eigenvalue weighted by atomic mass is 10.0. The molecule has 1 aliphatic heterocycles. The average molecular weight is 383 g/mol. The molecule has 7 nitrogen and oxygen atoms in total. The molecule has 1 unspecified atom stereocenters. The van der Waals surface area contributed by atoms with E-state index in [9.17, 15) is 14.4 Å². The van der Waals surface area contributed by atoms with E-state index in [2.05, 4.69) is 10.6 Å². The Balaban J connectivity index is 1.39. The van der Waals surface area contributed by atoms with Crippen LogP contribution in [0, 0.1) is 0 Å². The van der Waals surface area contributed by atoms with Crippen molar-refractivity contribution in [1.29, 1.82) is 0 Å². The van der Waals surface area contributed by atoms with Crippen LogP contribution in [-0.4, -0.2) is 47.8 Å². The highest BCUT2D eigenvalue weighted by Gasteiger charge is 2.26. The number of carbonyl (C=O) groups excluding carboxylic acids is 3. The molecule has 3 amide bonds. The van der Waals surface area contributed by atoms with E-state index in [4.69, 9.17) is 4.42 Å². The molecule has 2 N–H and O–H groups in total. The van der Waals surface area contributed by atoms with Gasteiger partial charge >= 0.3 is 0 Å². The zero-order valence-corrected chi connectivity index (χ0v) is 15.9. The van der Waals surface area contributed by atoms with E-state index in [1.807, 2.05) is 13.0 Å². The van der Waals surface area contributed by atoms with Crippen LogP contribution in [0.2, 0.25) is 0 Å². The van der Waals surface area contributed by atoms with E-state index in [1.165, 1.54) is 6.26 Å². The SMILES string of the molecule is CC(CC(=O)NC1CCN(C(=O)c2ccco2)CC1)NC(=O)c1ccccc1. The van der Waals surface area contributed by atoms with E-state index in [0.29, 0.717) is 37.3 Å². The zero-order chi connectivity index (χ0) is 19.9. The number of furan rings is 1. The van der Waals surface area contributed by atoms with Crippen molar-refractivity contribution in [3.8, 4) is 0 Å². The number of hydrogen-bond acceptors (Lipinski definition) is 4. The van der Waals surface area contributed by atoms with E-state index in [-0.39, 0.29) is 36.2 Å². The summed E-state index contributed by atoms with van der Waals surface area (Å²) in [5, 5.41) is 5.84. The molecular formula is C21H25N3O4. The summed E-state index contributed by atoms with van der Waals surface area (Å²) in [6, 6.07) is 12.0. The van der Waals surface area contributed by atoms with E-state index >= 15 is 0 Å². The molecule has 1 atom stereocenters. The normalized spacial score (nSPS) is 15.7. The maximum Gasteiger partial charge on any atom is 0.289 e. The first-order valence-corrected chi connectivity index (χ1v) is 9.51. The van der Waals surface area contributed by atoms with Crippen LogP contribution in [0.3, 0.4) is 0 Å². The molecule has 1 aliphatic rings. The van der Waals surface area contributed by atoms with Crippen LogP contribution in [0.15, 0.2) is 53.1 Å². The molecule has 7 heteroatoms. The van der Waals surface area contributed by atoms with Crippen LogP contribution >= 0.6 is 0 Å². The van der Waals surface area contributed by atoms with Gasteiger partial charge < -0.3 is 20.0 Å². The second-order valence-corrected chi connectivity index (χ2v) is 7.06. The number of carbonyl (C=O) groups is 3. The Labute approximate surface area is 164 Å². The molecule has 0 spiro atoms. The molecular weight excluding hydrogens is 358 g/mol. The Morgan fingerprint density at radius 2 is 1.82 bits per heavy atom. The summed E-state index contributed by atoms with van der Waals surface area (Å²) in [5.74, 6) is -0.0696. The minimum atomic E-state index is -0.270. The van der Waals surface area contributed by atoms with Gasteiger partial charge in [0.15, 0.2) is 5.76 Å². The van der Waals surface area contributed by atoms with Crippen molar-refractivity contribution in [2.75, 3.05) is 13.1 Å². The molecule has 0 saturated carbocycles. The predicted octanol–water partition coefficient (Wildman–Crippen LogP) is 2.21. The third-order valence-electron chi connectivity index (χ3n) is 4.78. The molecule has 1 saturated heterocycles. The third kappa shape index (κ3) is 5.22. The lowest BCUT2D eigenvalue weighted by Crippen LogP contribution is -2.47. The van der Waals surface area contributed by atoms with Gasteiger partial charge in [0.1, 0.15) is 0 Å². The Kier molecular flexibility index (Phi) is 6.47. The lowest BCUT2D eigenvalue weighted by Gasteiger charge is -2.32. The average Bonchev–Trinajstić information content (AvgIpc) is 3.23. The number of hydrogen-bond donors (Lipinski definition) is 2. The van der Waals surface area contributed by atoms with Gasteiger partial charge in [-0.1, -0.05) is 18.2 Å². The predicted molar refractivity (Wildman–Crippen MR) is 104 cm³/mol. The Bertz CT molecular complexity index is 796. The molecule has 1 aromatic heterocycles. The summed E-state index contributed by atoms with van der Waals surface area (Å²) < 4.78 is 5.15. The highest BCUT2D eigenvalue weighted by atomic mass is 16.3. The first-order chi connectivity index (χ1) is 13.5. The largest absolute Gasteiger partial charge is 0.459 e. The van der Waals surface area contributed by atoms with Gasteiger partial charge in [0, 0.05) is 37.2 Å². The van der Waals surface area contributed by atoms with Crippen molar-refractivity contribution in [1.82, 2.24) is 15.5 Å². The maximum atomic E-state index is 12.3. The first kappa shape index (κ1) is 19.7. The molecule has 0 bridgehead atoms. The third-order valence-corrected chi connectivity index (χ3v) is 4.78. The van der Waals surface area contributed by atoms with Crippen LogP contribution in [-0.2, 0) is 4.79 Å². The van der Waals surface area contributed by atoms with Crippen LogP contribution < -0.4 is 10.6 Å². The zero-order valence-electron chi connectivity index (χ0n) is 15.9. The fourth-order valence-electron chi connectivity index (χ4n) is 3.30. The van der Waals surface area contributed by atoms with Gasteiger partial charge in [-0.05, 0) is 44.0 Å². The number of likely N-dealkylation sites (tertiary alicyclic amines) is 1. The van der Waals surface area contributed by atoms with Crippen LogP contribution in [0.5, 0.6) is 0 Å². The van der Waals surface area contributed by atoms with Crippen LogP contribution in [0.4, 0.5) is 0 Å². The van der Waals surface area contributed by atoms with Gasteiger partial charge in [-0.3, -0.25) is 14.4 Å². The van der Waals surface area contributed by atoms with Gasteiger partial charge in [-0.2, -0.15) is 0 Å². The summed E-state index contributed by atoms with van der Waals surface area (Å²) in [6.07, 6.45) is 3.09. The Morgan fingerprint density at radius 1 is 1.11 bits per heavy atom. The molecule has 1 fully saturated rings. The number of rotatable bonds is 6. The van der Waals surface area contributed by atoms with E-state index in [1.54, 1.807) is 41.3 Å². The standard InChI is InChI=1S/C21H25N3O4/c1-15(22-20(26)16-6-3-2-4-7-16)14-19(25)23-17-9-11-24(12-10-17)21(27)18-8-5-13-28-18/h2-8,13,15,17H,9-12,14H2,1H3,(H,22,26)(H,23,25). The van der Waals surface area contributed by atoms with Crippen molar-refractivity contribution in [3.63, 3.8) is 0 Å². The summed E-state index contributed by atoms with van der Waals surface area (Å²) in [6.45, 7) is 2.96. The van der Waals surface area contributed by atoms with Gasteiger partial charge in [-0.25, -0.2) is 0 Å². The topological polar surface area (TPSA) is 91.7 Å². The molecule has 2 heterocycles. The van der Waals surface area contributed by atoms with Crippen molar-refractivity contribution in [2.45, 2.75) is 38.3 Å². The maximum absolute atomic E-state index is 12.3. The van der Waals surface area contributed by atoms with Crippen molar-refractivity contribution in [2.24, 2.45) is 0 Å². The summed E-state index contributed by atoms with van der Waals surface area (Å²) in [7, 11) is 0. The molecule has 1 aromatic carbocycles. The minimum Gasteiger partial charge on any atom is -0.459 e. The minimum absolute atomic E-state index is 0.0326. The summed E-state index contributed by atoms with van der Waals surface area (Å²) in [5.41, 5.74) is 0.573. The van der Waals surface area contributed by atoms with Gasteiger partial charge in [0.25, 0.3) is 11.8 Å². The highest BCUT2D eigenvalue weighted by molar-refractivity contribution is 5.94. The van der Waals surface area contributed by atoms with Gasteiger partial charge in [0.2, 0.25) is 5.91 Å². The van der Waals surface area contributed by atoms with Crippen molar-refractivity contribution < 1.29 is 18.8 Å². The molecule has 3 rings (SSSR count). The van der Waals surface area contributed by atoms with Gasteiger partial charge in [-0.15, -0.1) is 0 Å². The van der Waals surface area contributed by atoms with Crippen molar-refractivity contribution >= 4 is 17.7 Å². The molecule has 0 aliphatic carbocycles. The monoisotopic (exact) mass is 383 g/mol. The van der Waals surface area contributed by atoms with Crippen LogP contribution in [0.25, 0.3) is 0 Å². The van der Waals surface area contributed by atoms with E-state index < -0.39 is 0 Å². The van der Waals surface area contributed by atoms with Crippen molar-refractivity contribution in [3.05, 3.63) is 60.1 Å². The quantitative estimate of drug-likeness (QED) is 0.800. The Morgan fingerprint density at radius 3 is 2.46 bits per heavy atom. The lowest BCUT2D eigenvalue weighted by molar-refractivity contribution is -0.122. The molecule has 0 radical (unpaired) electrons. The Hall–Kier alpha value is -3.09. The smallest absolute Gasteiger partial charge is 0.289 e. The molecule has 2 aromatic rings. The number of nitrogens with zero attached hydrogens (tertiary/aromatic N) is 1. The second-order valence-electron chi connectivity index (χ2n) is 7.06. The second kappa shape index (κ2) is 9.21. The first-order valence-electron chi connectivity index (χ1n) is 9.51. The van der Waals surface area contributed by atoms with Crippen LogP contribution in [0.1, 0.15) is 47.1 Å². The number of piperidine rings is 1. The fourth-order valence-corrected chi connectivity index (χ4v) is 3.30. The summed E-state index contributed by atoms with van der Waals surface area (Å²) in [4.78, 5) is 38.4. The summed E-state index contributed by atoms with van der Waals surface area (Å²) >= 11 is 0. The molecule has 28 heavy (non-hydrogen) atoms.